The third-order valence-corrected chi connectivity index (χ3v) is 6.19. The molecule has 0 atom stereocenters. The SMILES string of the molecule is C=C(NCc1cc(F)cc(F)c1)c1cccc(Oc2ccnc(-c3ccc(-c4ccn(C)n4)cc3)c2)c1C. The van der Waals surface area contributed by atoms with Crippen molar-refractivity contribution in [1.29, 1.82) is 0 Å². The number of hydrogen-bond acceptors (Lipinski definition) is 4. The first kappa shape index (κ1) is 24.9. The molecule has 0 saturated carbocycles. The fraction of sp³-hybridized carbons (Fsp3) is 0.0968. The molecule has 2 heterocycles. The summed E-state index contributed by atoms with van der Waals surface area (Å²) in [5, 5.41) is 7.60. The maximum absolute atomic E-state index is 13.5. The lowest BCUT2D eigenvalue weighted by molar-refractivity contribution is 0.478. The number of hydrogen-bond donors (Lipinski definition) is 1. The molecule has 5 aromatic rings. The molecule has 0 spiro atoms. The Bertz CT molecular complexity index is 1590. The number of ether oxygens (including phenoxy) is 1. The van der Waals surface area contributed by atoms with Crippen molar-refractivity contribution in [1.82, 2.24) is 20.1 Å². The number of benzene rings is 3. The topological polar surface area (TPSA) is 52.0 Å². The minimum Gasteiger partial charge on any atom is -0.457 e. The zero-order chi connectivity index (χ0) is 26.6. The molecule has 0 aliphatic carbocycles. The van der Waals surface area contributed by atoms with Gasteiger partial charge in [-0.25, -0.2) is 8.78 Å². The van der Waals surface area contributed by atoms with E-state index in [9.17, 15) is 8.78 Å². The molecule has 38 heavy (non-hydrogen) atoms. The van der Waals surface area contributed by atoms with Crippen molar-refractivity contribution in [2.45, 2.75) is 13.5 Å². The molecule has 3 aromatic carbocycles. The average Bonchev–Trinajstić information content (AvgIpc) is 3.34. The van der Waals surface area contributed by atoms with Gasteiger partial charge >= 0.3 is 0 Å². The monoisotopic (exact) mass is 508 g/mol. The Balaban J connectivity index is 1.30. The van der Waals surface area contributed by atoms with Crippen molar-refractivity contribution < 1.29 is 13.5 Å². The smallest absolute Gasteiger partial charge is 0.131 e. The number of nitrogens with one attached hydrogen (secondary N) is 1. The minimum atomic E-state index is -0.611. The van der Waals surface area contributed by atoms with Crippen molar-refractivity contribution in [2.24, 2.45) is 7.05 Å². The Morgan fingerprint density at radius 2 is 1.63 bits per heavy atom. The van der Waals surface area contributed by atoms with E-state index in [1.54, 1.807) is 10.9 Å². The van der Waals surface area contributed by atoms with Gasteiger partial charge in [0, 0.05) is 66.1 Å². The van der Waals surface area contributed by atoms with Gasteiger partial charge in [-0.15, -0.1) is 0 Å². The van der Waals surface area contributed by atoms with E-state index < -0.39 is 11.6 Å². The van der Waals surface area contributed by atoms with Crippen LogP contribution in [0.15, 0.2) is 97.8 Å². The average molecular weight is 509 g/mol. The van der Waals surface area contributed by atoms with Gasteiger partial charge in [-0.3, -0.25) is 9.67 Å². The van der Waals surface area contributed by atoms with Crippen molar-refractivity contribution in [2.75, 3.05) is 0 Å². The predicted octanol–water partition coefficient (Wildman–Crippen LogP) is 7.29. The second-order valence-electron chi connectivity index (χ2n) is 8.97. The third-order valence-electron chi connectivity index (χ3n) is 6.19. The molecule has 0 unspecified atom stereocenters. The van der Waals surface area contributed by atoms with Crippen LogP contribution < -0.4 is 10.1 Å². The second kappa shape index (κ2) is 10.7. The number of rotatable bonds is 8. The molecule has 0 bridgehead atoms. The first-order valence-corrected chi connectivity index (χ1v) is 12.1. The van der Waals surface area contributed by atoms with Crippen LogP contribution in [0.25, 0.3) is 28.2 Å². The van der Waals surface area contributed by atoms with Gasteiger partial charge in [-0.1, -0.05) is 43.0 Å². The van der Waals surface area contributed by atoms with Gasteiger partial charge in [-0.05, 0) is 42.8 Å². The summed E-state index contributed by atoms with van der Waals surface area (Å²) in [4.78, 5) is 4.51. The molecular formula is C31H26F2N4O. The summed E-state index contributed by atoms with van der Waals surface area (Å²) in [5.41, 5.74) is 6.55. The lowest BCUT2D eigenvalue weighted by Crippen LogP contribution is -2.12. The van der Waals surface area contributed by atoms with Gasteiger partial charge in [0.25, 0.3) is 0 Å². The molecule has 0 fully saturated rings. The normalized spacial score (nSPS) is 10.8. The summed E-state index contributed by atoms with van der Waals surface area (Å²) >= 11 is 0. The van der Waals surface area contributed by atoms with E-state index in [2.05, 4.69) is 22.0 Å². The van der Waals surface area contributed by atoms with Crippen molar-refractivity contribution in [3.8, 4) is 34.0 Å². The van der Waals surface area contributed by atoms with E-state index in [1.807, 2.05) is 80.8 Å². The maximum Gasteiger partial charge on any atom is 0.131 e. The van der Waals surface area contributed by atoms with E-state index in [0.717, 1.165) is 39.7 Å². The molecular weight excluding hydrogens is 482 g/mol. The Labute approximate surface area is 220 Å². The maximum atomic E-state index is 13.5. The van der Waals surface area contributed by atoms with Crippen LogP contribution in [0.4, 0.5) is 8.78 Å². The second-order valence-corrected chi connectivity index (χ2v) is 8.97. The van der Waals surface area contributed by atoms with Crippen LogP contribution in [-0.2, 0) is 13.6 Å². The fourth-order valence-corrected chi connectivity index (χ4v) is 4.21. The van der Waals surface area contributed by atoms with E-state index in [1.165, 1.54) is 12.1 Å². The van der Waals surface area contributed by atoms with Crippen LogP contribution in [-0.4, -0.2) is 14.8 Å². The molecule has 0 aliphatic rings. The summed E-state index contributed by atoms with van der Waals surface area (Å²) in [6, 6.07) is 22.9. The Kier molecular flexibility index (Phi) is 7.00. The fourth-order valence-electron chi connectivity index (χ4n) is 4.21. The number of aromatic nitrogens is 3. The highest BCUT2D eigenvalue weighted by molar-refractivity contribution is 5.69. The molecule has 5 nitrogen and oxygen atoms in total. The minimum absolute atomic E-state index is 0.241. The molecule has 0 amide bonds. The van der Waals surface area contributed by atoms with E-state index in [-0.39, 0.29) is 6.54 Å². The van der Waals surface area contributed by atoms with Crippen LogP contribution in [0.5, 0.6) is 11.5 Å². The van der Waals surface area contributed by atoms with Crippen LogP contribution >= 0.6 is 0 Å². The summed E-state index contributed by atoms with van der Waals surface area (Å²) in [7, 11) is 1.90. The molecule has 5 rings (SSSR count). The molecule has 2 aromatic heterocycles. The molecule has 190 valence electrons. The molecule has 7 heteroatoms. The number of aryl methyl sites for hydroxylation is 1. The lowest BCUT2D eigenvalue weighted by Gasteiger charge is -2.16. The standard InChI is InChI=1S/C31H26F2N4O/c1-20-28(21(2)35-19-22-15-25(32)17-26(33)16-22)5-4-6-31(20)38-27-11-13-34-30(18-27)24-9-7-23(8-10-24)29-12-14-37(3)36-29/h4-18,35H,2,19H2,1,3H3. The Morgan fingerprint density at radius 3 is 2.32 bits per heavy atom. The summed E-state index contributed by atoms with van der Waals surface area (Å²) in [6.45, 7) is 6.29. The highest BCUT2D eigenvalue weighted by atomic mass is 19.1. The Morgan fingerprint density at radius 1 is 0.921 bits per heavy atom. The molecule has 0 radical (unpaired) electrons. The number of halogens is 2. The zero-order valence-corrected chi connectivity index (χ0v) is 21.1. The largest absolute Gasteiger partial charge is 0.457 e. The van der Waals surface area contributed by atoms with E-state index in [4.69, 9.17) is 4.74 Å². The zero-order valence-electron chi connectivity index (χ0n) is 21.1. The summed E-state index contributed by atoms with van der Waals surface area (Å²) < 4.78 is 35.0. The highest BCUT2D eigenvalue weighted by Crippen LogP contribution is 2.31. The first-order chi connectivity index (χ1) is 18.4. The van der Waals surface area contributed by atoms with Gasteiger partial charge < -0.3 is 10.1 Å². The van der Waals surface area contributed by atoms with Crippen LogP contribution in [0.2, 0.25) is 0 Å². The number of pyridine rings is 1. The predicted molar refractivity (Wildman–Crippen MR) is 145 cm³/mol. The van der Waals surface area contributed by atoms with E-state index in [0.29, 0.717) is 22.8 Å². The van der Waals surface area contributed by atoms with Gasteiger partial charge in [0.15, 0.2) is 0 Å². The quantitative estimate of drug-likeness (QED) is 0.239. The van der Waals surface area contributed by atoms with Gasteiger partial charge in [0.1, 0.15) is 23.1 Å². The van der Waals surface area contributed by atoms with Crippen molar-refractivity contribution in [3.05, 3.63) is 126 Å². The molecule has 0 saturated heterocycles. The highest BCUT2D eigenvalue weighted by Gasteiger charge is 2.11. The molecule has 0 aliphatic heterocycles. The van der Waals surface area contributed by atoms with E-state index >= 15 is 0 Å². The van der Waals surface area contributed by atoms with Crippen LogP contribution in [0, 0.1) is 18.6 Å². The first-order valence-electron chi connectivity index (χ1n) is 12.1. The van der Waals surface area contributed by atoms with Crippen LogP contribution in [0.1, 0.15) is 16.7 Å². The van der Waals surface area contributed by atoms with Gasteiger partial charge in [0.2, 0.25) is 0 Å². The van der Waals surface area contributed by atoms with Crippen LogP contribution in [0.3, 0.4) is 0 Å². The van der Waals surface area contributed by atoms with Gasteiger partial charge in [0.05, 0.1) is 11.4 Å². The van der Waals surface area contributed by atoms with Crippen molar-refractivity contribution in [3.63, 3.8) is 0 Å². The van der Waals surface area contributed by atoms with Gasteiger partial charge in [-0.2, -0.15) is 5.10 Å². The third kappa shape index (κ3) is 5.62. The summed E-state index contributed by atoms with van der Waals surface area (Å²) in [5.74, 6) is 0.0995. The number of nitrogens with zero attached hydrogens (tertiary/aromatic N) is 3. The lowest BCUT2D eigenvalue weighted by atomic mass is 10.0. The van der Waals surface area contributed by atoms with Crippen molar-refractivity contribution >= 4 is 5.70 Å². The molecule has 1 N–H and O–H groups in total. The Hall–Kier alpha value is -4.78. The summed E-state index contributed by atoms with van der Waals surface area (Å²) in [6.07, 6.45) is 3.63.